The van der Waals surface area contributed by atoms with Gasteiger partial charge in [-0.25, -0.2) is 0 Å². The van der Waals surface area contributed by atoms with Crippen LogP contribution in [-0.2, 0) is 16.0 Å². The first-order valence-corrected chi connectivity index (χ1v) is 5.21. The van der Waals surface area contributed by atoms with Crippen molar-refractivity contribution in [3.63, 3.8) is 0 Å². The number of hydrogen-bond acceptors (Lipinski definition) is 5. The highest BCUT2D eigenvalue weighted by atomic mass is 16.4. The van der Waals surface area contributed by atoms with E-state index < -0.39 is 24.1 Å². The molecule has 7 heteroatoms. The molecule has 2 atom stereocenters. The molecular formula is C11H14N2O5. The lowest BCUT2D eigenvalue weighted by molar-refractivity contribution is -0.136. The van der Waals surface area contributed by atoms with Gasteiger partial charge in [0.2, 0.25) is 5.91 Å². The summed E-state index contributed by atoms with van der Waals surface area (Å²) in [5, 5.41) is 27.7. The molecule has 0 aliphatic heterocycles. The summed E-state index contributed by atoms with van der Waals surface area (Å²) < 4.78 is 0. The summed E-state index contributed by atoms with van der Waals surface area (Å²) in [6.45, 7) is 0. The first-order valence-electron chi connectivity index (χ1n) is 5.21. The van der Waals surface area contributed by atoms with Gasteiger partial charge in [0, 0.05) is 11.8 Å². The van der Waals surface area contributed by atoms with Gasteiger partial charge in [-0.15, -0.1) is 0 Å². The van der Waals surface area contributed by atoms with E-state index in [9.17, 15) is 19.8 Å². The zero-order valence-electron chi connectivity index (χ0n) is 9.48. The van der Waals surface area contributed by atoms with Crippen LogP contribution in [0.5, 0.6) is 0 Å². The van der Waals surface area contributed by atoms with Crippen LogP contribution in [0.15, 0.2) is 18.3 Å². The van der Waals surface area contributed by atoms with E-state index in [0.717, 1.165) is 0 Å². The number of aromatic nitrogens is 1. The lowest BCUT2D eigenvalue weighted by atomic mass is 10.0. The summed E-state index contributed by atoms with van der Waals surface area (Å²) in [5.74, 6) is -1.73. The molecule has 0 bridgehead atoms. The van der Waals surface area contributed by atoms with Crippen LogP contribution in [0.4, 0.5) is 0 Å². The van der Waals surface area contributed by atoms with Crippen molar-refractivity contribution in [2.75, 3.05) is 0 Å². The average molecular weight is 254 g/mol. The molecule has 1 heterocycles. The first kappa shape index (κ1) is 14.1. The van der Waals surface area contributed by atoms with Crippen molar-refractivity contribution in [2.45, 2.75) is 25.0 Å². The molecule has 0 aliphatic carbocycles. The number of primary amides is 1. The van der Waals surface area contributed by atoms with Crippen LogP contribution in [0, 0.1) is 0 Å². The molecule has 1 amide bonds. The minimum absolute atomic E-state index is 0.222. The zero-order chi connectivity index (χ0) is 13.7. The predicted molar refractivity (Wildman–Crippen MR) is 60.4 cm³/mol. The van der Waals surface area contributed by atoms with Crippen molar-refractivity contribution in [1.29, 1.82) is 0 Å². The number of carboxylic acids is 1. The number of nitrogens with two attached hydrogens (primary N) is 1. The molecule has 0 fully saturated rings. The topological polar surface area (TPSA) is 134 Å². The molecular weight excluding hydrogens is 240 g/mol. The second-order valence-electron chi connectivity index (χ2n) is 3.84. The van der Waals surface area contributed by atoms with E-state index in [0.29, 0.717) is 5.69 Å². The number of aliphatic carboxylic acids is 1. The fourth-order valence-corrected chi connectivity index (χ4v) is 1.41. The van der Waals surface area contributed by atoms with Crippen LogP contribution >= 0.6 is 0 Å². The van der Waals surface area contributed by atoms with Crippen LogP contribution in [0.25, 0.3) is 0 Å². The fraction of sp³-hybridized carbons (Fsp3) is 0.364. The van der Waals surface area contributed by atoms with E-state index in [-0.39, 0.29) is 18.4 Å². The van der Waals surface area contributed by atoms with Crippen LogP contribution in [-0.4, -0.2) is 38.3 Å². The van der Waals surface area contributed by atoms with Gasteiger partial charge in [0.05, 0.1) is 24.6 Å². The highest BCUT2D eigenvalue weighted by Crippen LogP contribution is 2.18. The Morgan fingerprint density at radius 3 is 2.44 bits per heavy atom. The van der Waals surface area contributed by atoms with Gasteiger partial charge in [0.15, 0.2) is 0 Å². The Morgan fingerprint density at radius 1 is 1.33 bits per heavy atom. The Balaban J connectivity index is 2.72. The van der Waals surface area contributed by atoms with E-state index >= 15 is 0 Å². The van der Waals surface area contributed by atoms with Crippen molar-refractivity contribution < 1.29 is 24.9 Å². The van der Waals surface area contributed by atoms with Crippen LogP contribution < -0.4 is 5.73 Å². The molecule has 1 rings (SSSR count). The number of aliphatic hydroxyl groups excluding tert-OH is 2. The molecule has 98 valence electrons. The number of pyridine rings is 1. The van der Waals surface area contributed by atoms with E-state index in [1.165, 1.54) is 18.3 Å². The molecule has 0 aliphatic rings. The van der Waals surface area contributed by atoms with Crippen LogP contribution in [0.2, 0.25) is 0 Å². The van der Waals surface area contributed by atoms with Gasteiger partial charge in [-0.2, -0.15) is 0 Å². The summed E-state index contributed by atoms with van der Waals surface area (Å²) in [4.78, 5) is 24.9. The number of aliphatic hydroxyl groups is 2. The standard InChI is InChI=1S/C11H14N2O5/c12-9(15)4-8(14)11(18)6-1-2-7(13-5-6)3-10(16)17/h1-2,5,8,11,14,18H,3-4H2,(H2,12,15)(H,16,17). The van der Waals surface area contributed by atoms with Gasteiger partial charge in [-0.3, -0.25) is 14.6 Å². The average Bonchev–Trinajstić information content (AvgIpc) is 2.27. The third-order valence-electron chi connectivity index (χ3n) is 2.30. The Hall–Kier alpha value is -1.99. The molecule has 0 aromatic carbocycles. The Morgan fingerprint density at radius 2 is 2.00 bits per heavy atom. The molecule has 0 spiro atoms. The largest absolute Gasteiger partial charge is 0.481 e. The number of carbonyl (C=O) groups is 2. The molecule has 7 nitrogen and oxygen atoms in total. The fourth-order valence-electron chi connectivity index (χ4n) is 1.41. The molecule has 1 aromatic heterocycles. The zero-order valence-corrected chi connectivity index (χ0v) is 9.48. The van der Waals surface area contributed by atoms with E-state index in [4.69, 9.17) is 10.8 Å². The quantitative estimate of drug-likeness (QED) is 0.513. The Bertz CT molecular complexity index is 432. The SMILES string of the molecule is NC(=O)CC(O)C(O)c1ccc(CC(=O)O)nc1. The molecule has 1 aromatic rings. The maximum absolute atomic E-state index is 10.6. The maximum atomic E-state index is 10.6. The number of hydrogen-bond donors (Lipinski definition) is 4. The van der Waals surface area contributed by atoms with Crippen molar-refractivity contribution in [3.8, 4) is 0 Å². The van der Waals surface area contributed by atoms with Gasteiger partial charge in [0.25, 0.3) is 0 Å². The van der Waals surface area contributed by atoms with Gasteiger partial charge in [-0.05, 0) is 6.07 Å². The maximum Gasteiger partial charge on any atom is 0.309 e. The summed E-state index contributed by atoms with van der Waals surface area (Å²) >= 11 is 0. The normalized spacial score (nSPS) is 13.9. The van der Waals surface area contributed by atoms with Crippen molar-refractivity contribution >= 4 is 11.9 Å². The van der Waals surface area contributed by atoms with Crippen LogP contribution in [0.3, 0.4) is 0 Å². The van der Waals surface area contributed by atoms with Gasteiger partial charge < -0.3 is 21.1 Å². The second-order valence-corrected chi connectivity index (χ2v) is 3.84. The number of amides is 1. The summed E-state index contributed by atoms with van der Waals surface area (Å²) in [7, 11) is 0. The molecule has 0 saturated heterocycles. The minimum atomic E-state index is -1.31. The van der Waals surface area contributed by atoms with E-state index in [1.54, 1.807) is 0 Å². The predicted octanol–water partition coefficient (Wildman–Crippen LogP) is -1.02. The number of carbonyl (C=O) groups excluding carboxylic acids is 1. The number of nitrogens with zero attached hydrogens (tertiary/aromatic N) is 1. The summed E-state index contributed by atoms with van der Waals surface area (Å²) in [6, 6.07) is 2.88. The minimum Gasteiger partial charge on any atom is -0.481 e. The van der Waals surface area contributed by atoms with Gasteiger partial charge in [0.1, 0.15) is 6.10 Å². The summed E-state index contributed by atoms with van der Waals surface area (Å²) in [5.41, 5.74) is 5.52. The van der Waals surface area contributed by atoms with Crippen LogP contribution in [0.1, 0.15) is 23.8 Å². The monoisotopic (exact) mass is 254 g/mol. The smallest absolute Gasteiger partial charge is 0.309 e. The Kier molecular flexibility index (Phi) is 4.75. The molecule has 18 heavy (non-hydrogen) atoms. The highest BCUT2D eigenvalue weighted by Gasteiger charge is 2.20. The molecule has 0 saturated carbocycles. The van der Waals surface area contributed by atoms with Gasteiger partial charge >= 0.3 is 5.97 Å². The van der Waals surface area contributed by atoms with Crippen molar-refractivity contribution in [2.24, 2.45) is 5.73 Å². The lowest BCUT2D eigenvalue weighted by Crippen LogP contribution is -2.25. The van der Waals surface area contributed by atoms with Gasteiger partial charge in [-0.1, -0.05) is 6.07 Å². The molecule has 5 N–H and O–H groups in total. The third kappa shape index (κ3) is 4.11. The van der Waals surface area contributed by atoms with E-state index in [1.807, 2.05) is 0 Å². The number of carboxylic acid groups (broad SMARTS) is 1. The highest BCUT2D eigenvalue weighted by molar-refractivity contribution is 5.74. The van der Waals surface area contributed by atoms with Crippen molar-refractivity contribution in [1.82, 2.24) is 4.98 Å². The molecule has 2 unspecified atom stereocenters. The first-order chi connectivity index (χ1) is 8.40. The lowest BCUT2D eigenvalue weighted by Gasteiger charge is -2.16. The third-order valence-corrected chi connectivity index (χ3v) is 2.30. The number of rotatable bonds is 6. The van der Waals surface area contributed by atoms with Crippen molar-refractivity contribution in [3.05, 3.63) is 29.6 Å². The Labute approximate surface area is 103 Å². The summed E-state index contributed by atoms with van der Waals surface area (Å²) in [6.07, 6.45) is -1.93. The molecule has 0 radical (unpaired) electrons. The second kappa shape index (κ2) is 6.08. The van der Waals surface area contributed by atoms with E-state index in [2.05, 4.69) is 4.98 Å².